The van der Waals surface area contributed by atoms with Gasteiger partial charge in [-0.15, -0.1) is 42.4 Å². The van der Waals surface area contributed by atoms with E-state index >= 15 is 0 Å². The molecule has 0 radical (unpaired) electrons. The van der Waals surface area contributed by atoms with Crippen LogP contribution in [0.2, 0.25) is 0 Å². The van der Waals surface area contributed by atoms with Crippen LogP contribution in [0.5, 0.6) is 23.5 Å². The van der Waals surface area contributed by atoms with Crippen LogP contribution in [0.15, 0.2) is 181 Å². The summed E-state index contributed by atoms with van der Waals surface area (Å²) in [6.07, 6.45) is 15.0. The quantitative estimate of drug-likeness (QED) is 0.0253. The van der Waals surface area contributed by atoms with Crippen molar-refractivity contribution in [3.05, 3.63) is 193 Å². The van der Waals surface area contributed by atoms with Crippen LogP contribution in [-0.4, -0.2) is 245 Å². The van der Waals surface area contributed by atoms with Crippen LogP contribution in [0.4, 0.5) is 57.1 Å². The monoisotopic (exact) mass is 1720 g/mol. The Morgan fingerprint density at radius 3 is 1.24 bits per heavy atom. The summed E-state index contributed by atoms with van der Waals surface area (Å²) in [6.45, 7) is 23.6. The number of nitrogen functional groups attached to an aromatic ring is 8. The second kappa shape index (κ2) is 42.4. The van der Waals surface area contributed by atoms with Crippen molar-refractivity contribution < 1.29 is 27.4 Å². The topological polar surface area (TPSA) is 446 Å². The van der Waals surface area contributed by atoms with E-state index in [1.54, 1.807) is 58.7 Å². The van der Waals surface area contributed by atoms with Gasteiger partial charge in [0.1, 0.15) is 45.8 Å². The number of hydrogen-bond acceptors (Lipinski definition) is 29. The van der Waals surface area contributed by atoms with Crippen LogP contribution in [0, 0.1) is 27.7 Å². The van der Waals surface area contributed by atoms with Crippen molar-refractivity contribution in [1.82, 2.24) is 96.5 Å². The number of pyridine rings is 8. The highest BCUT2D eigenvalue weighted by Gasteiger charge is 2.23. The number of piperazine rings is 1. The summed E-state index contributed by atoms with van der Waals surface area (Å²) in [5.74, 6) is 3.75. The smallest absolute Gasteiger partial charge is 0.257 e. The normalized spacial score (nSPS) is 12.1. The Balaban J connectivity index is 0.000000148. The molecule has 0 saturated carbocycles. The zero-order valence-corrected chi connectivity index (χ0v) is 74.6. The van der Waals surface area contributed by atoms with E-state index in [1.165, 1.54) is 15.6 Å². The molecule has 17 heterocycles. The molecule has 123 heavy (non-hydrogen) atoms. The molecule has 0 atom stereocenters. The Bertz CT molecular complexity index is 6250. The van der Waals surface area contributed by atoms with Gasteiger partial charge >= 0.3 is 0 Å². The number of aryl methyl sites for hydroxylation is 4. The van der Waals surface area contributed by atoms with Crippen molar-refractivity contribution in [1.29, 1.82) is 0 Å². The van der Waals surface area contributed by atoms with Gasteiger partial charge in [-0.3, -0.25) is 0 Å². The first-order chi connectivity index (χ1) is 58.8. The Morgan fingerprint density at radius 1 is 0.439 bits per heavy atom. The van der Waals surface area contributed by atoms with Crippen LogP contribution in [-0.2, 0) is 9.84 Å². The third kappa shape index (κ3) is 23.3. The van der Waals surface area contributed by atoms with Gasteiger partial charge in [0.05, 0.1) is 74.8 Å². The summed E-state index contributed by atoms with van der Waals surface area (Å²) in [6, 6.07) is 42.3. The lowest BCUT2D eigenvalue weighted by Gasteiger charge is -2.32. The van der Waals surface area contributed by atoms with Crippen LogP contribution >= 0.6 is 11.8 Å². The lowest BCUT2D eigenvalue weighted by molar-refractivity contribution is 0.233. The molecule has 0 aromatic carbocycles. The minimum Gasteiger partial charge on any atom is -0.475 e. The standard InChI is InChI=1S/C14H21N5.C13H21N5.C12H18N4O.C11H16N4O.C10H13N3O.C9H11N3O.C8H9N3O2S.C8H9N3S/c1-10-4-5-12-13(15)14(16-19(12)11(10)2)18-8-6-17(3)7-9-18;1-9-5-6-11-12(14)13(15-7-8-17(3)4)16-18(11)10(9)2;1-15(2)7-5-9-17-12-11(13)10-6-3-4-8-16(10)14-12;1-14(2)7-8-16-11-10(12)9-5-3-4-6-15(9)13-11;1-7(2)14-10-9(11)8-5-3-4-6-13(8)12-10;1-2-13-9-8(10)7-5-3-4-6-12(7)11-9;1-14(12,13)8-7(9)6-4-2-3-5-11(6)10-8;1-12-8-7(9)6-4-2-3-5-11(6)10-8/h4-5H,6-9,15H2,1-3H3;5-6H,7-8,14H2,1-4H3,(H,15,16);3-4,6,8H,5,7,9,13H2,1-2H3;3-6H,7-8,12H2,1-2H3;3-7H,11H2,1-2H3;3-6H,2,10H2,1H3;2-5H,9H2,1H3;2-5H,9H2,1H3. The first-order valence-corrected chi connectivity index (χ1v) is 43.2. The van der Waals surface area contributed by atoms with Gasteiger partial charge in [-0.1, -0.05) is 48.5 Å². The minimum absolute atomic E-state index is 0.0660. The molecule has 17 rings (SSSR count). The number of ether oxygens (including phenoxy) is 4. The SMILES string of the molecule is CC(C)Oc1nn2ccccc2c1N.CCOc1nn2ccccc2c1N.CN(C)CCCOc1nn2ccccc2c1N.CN(C)CCOc1nn2ccccc2c1N.CS(=O)(=O)c1nn2ccccc2c1N.CSc1nn2ccccc2c1N.Cc1ccc2c(N)c(N3CCN(C)CC3)nn2c1C.Cc1ccc2c(N)c(NCCN(C)C)nn2c1C. The van der Waals surface area contributed by atoms with E-state index in [1.807, 2.05) is 211 Å². The number of aromatic nitrogens is 16. The van der Waals surface area contributed by atoms with Gasteiger partial charge < -0.3 is 94.6 Å². The second-order valence-electron chi connectivity index (χ2n) is 30.0. The lowest BCUT2D eigenvalue weighted by Crippen LogP contribution is -2.44. The highest BCUT2D eigenvalue weighted by molar-refractivity contribution is 7.98. The molecule has 0 spiro atoms. The van der Waals surface area contributed by atoms with Crippen LogP contribution < -0.4 is 75.0 Å². The van der Waals surface area contributed by atoms with Crippen molar-refractivity contribution in [2.45, 2.75) is 71.0 Å². The molecule has 1 fully saturated rings. The van der Waals surface area contributed by atoms with Crippen molar-refractivity contribution >= 4 is 123 Å². The Kier molecular flexibility index (Phi) is 31.8. The number of rotatable bonds is 20. The first-order valence-electron chi connectivity index (χ1n) is 40.0. The molecule has 0 amide bonds. The average molecular weight is 1720 g/mol. The fourth-order valence-corrected chi connectivity index (χ4v) is 13.7. The van der Waals surface area contributed by atoms with Gasteiger partial charge in [-0.2, -0.15) is 10.2 Å². The Labute approximate surface area is 720 Å². The molecular weight excluding hydrogens is 1600 g/mol. The molecule has 38 heteroatoms. The Morgan fingerprint density at radius 2 is 0.829 bits per heavy atom. The molecule has 656 valence electrons. The number of nitrogens with one attached hydrogen (secondary N) is 1. The number of nitrogens with two attached hydrogens (primary N) is 8. The number of likely N-dealkylation sites (N-methyl/N-ethyl adjacent to an activating group) is 3. The average Bonchev–Trinajstić information content (AvgIpc) is 1.63. The molecule has 0 unspecified atom stereocenters. The van der Waals surface area contributed by atoms with Crippen molar-refractivity contribution in [2.75, 3.05) is 190 Å². The largest absolute Gasteiger partial charge is 0.475 e. The lowest BCUT2D eigenvalue weighted by atomic mass is 10.2. The van der Waals surface area contributed by atoms with Crippen molar-refractivity contribution in [2.24, 2.45) is 0 Å². The summed E-state index contributed by atoms with van der Waals surface area (Å²) < 4.78 is 58.4. The molecule has 16 aromatic heterocycles. The number of thioether (sulfide) groups is 1. The third-order valence-electron chi connectivity index (χ3n) is 19.5. The molecule has 0 bridgehead atoms. The van der Waals surface area contributed by atoms with E-state index in [9.17, 15) is 8.42 Å². The molecule has 17 N–H and O–H groups in total. The van der Waals surface area contributed by atoms with Gasteiger partial charge in [0.2, 0.25) is 5.03 Å². The number of fused-ring (bicyclic) bond motifs is 8. The van der Waals surface area contributed by atoms with E-state index in [4.69, 9.17) is 69.9 Å². The highest BCUT2D eigenvalue weighted by atomic mass is 32.2. The van der Waals surface area contributed by atoms with Crippen molar-refractivity contribution in [3.63, 3.8) is 0 Å². The maximum atomic E-state index is 11.3. The molecule has 16 aromatic rings. The number of nitrogens with zero attached hydrogens (tertiary/aromatic N) is 21. The fraction of sp³-hybridized carbons (Fsp3) is 0.341. The van der Waals surface area contributed by atoms with E-state index < -0.39 is 9.84 Å². The summed E-state index contributed by atoms with van der Waals surface area (Å²) in [5.41, 5.74) is 64.2. The van der Waals surface area contributed by atoms with E-state index in [2.05, 4.69) is 114 Å². The summed E-state index contributed by atoms with van der Waals surface area (Å²) >= 11 is 1.56. The van der Waals surface area contributed by atoms with Crippen LogP contribution in [0.1, 0.15) is 49.7 Å². The van der Waals surface area contributed by atoms with Crippen LogP contribution in [0.3, 0.4) is 0 Å². The zero-order chi connectivity index (χ0) is 88.9. The Hall–Kier alpha value is -13.1. The van der Waals surface area contributed by atoms with Gasteiger partial charge in [-0.25, -0.2) is 44.5 Å². The molecule has 1 saturated heterocycles. The minimum atomic E-state index is -3.35. The van der Waals surface area contributed by atoms with Gasteiger partial charge in [0, 0.05) is 107 Å². The first kappa shape index (κ1) is 92.2. The molecule has 1 aliphatic rings. The summed E-state index contributed by atoms with van der Waals surface area (Å²) in [7, 11) is 11.0. The zero-order valence-electron chi connectivity index (χ0n) is 73.0. The summed E-state index contributed by atoms with van der Waals surface area (Å²) in [4.78, 5) is 10.9. The second-order valence-corrected chi connectivity index (χ2v) is 32.8. The molecular formula is C85H118N30O6S2. The van der Waals surface area contributed by atoms with Crippen LogP contribution in [0.25, 0.3) is 44.1 Å². The number of hydrogen-bond donors (Lipinski definition) is 9. The predicted octanol–water partition coefficient (Wildman–Crippen LogP) is 9.87. The molecule has 36 nitrogen and oxygen atoms in total. The maximum absolute atomic E-state index is 11.3. The molecule has 1 aliphatic heterocycles. The predicted molar refractivity (Wildman–Crippen MR) is 497 cm³/mol. The fourth-order valence-electron chi connectivity index (χ4n) is 12.5. The number of anilines is 10. The number of sulfone groups is 1. The molecule has 0 aliphatic carbocycles. The van der Waals surface area contributed by atoms with Gasteiger partial charge in [0.15, 0.2) is 21.5 Å². The van der Waals surface area contributed by atoms with E-state index in [-0.39, 0.29) is 16.8 Å². The van der Waals surface area contributed by atoms with Gasteiger partial charge in [0.25, 0.3) is 23.5 Å². The van der Waals surface area contributed by atoms with Crippen molar-refractivity contribution in [3.8, 4) is 23.5 Å². The van der Waals surface area contributed by atoms with E-state index in [0.29, 0.717) is 71.6 Å². The maximum Gasteiger partial charge on any atom is 0.257 e. The van der Waals surface area contributed by atoms with Gasteiger partial charge in [-0.05, 0) is 207 Å². The third-order valence-corrected chi connectivity index (χ3v) is 21.2. The summed E-state index contributed by atoms with van der Waals surface area (Å²) in [5, 5.41) is 38.5. The van der Waals surface area contributed by atoms with E-state index in [0.717, 1.165) is 149 Å². The highest BCUT2D eigenvalue weighted by Crippen LogP contribution is 2.33.